The summed E-state index contributed by atoms with van der Waals surface area (Å²) in [6.07, 6.45) is 0. The number of hydrogen-bond donors (Lipinski definition) is 0. The van der Waals surface area contributed by atoms with Crippen molar-refractivity contribution in [3.63, 3.8) is 0 Å². The summed E-state index contributed by atoms with van der Waals surface area (Å²) in [5.41, 5.74) is 12.9. The topological polar surface area (TPSA) is 46.2 Å². The van der Waals surface area contributed by atoms with E-state index in [1.54, 1.807) is 0 Å². The van der Waals surface area contributed by atoms with Gasteiger partial charge in [0.15, 0.2) is 5.69 Å². The molecule has 2 heterocycles. The van der Waals surface area contributed by atoms with E-state index < -0.39 is 0 Å². The smallest absolute Gasteiger partial charge is 0.188 e. The van der Waals surface area contributed by atoms with Crippen molar-refractivity contribution in [1.82, 2.24) is 4.57 Å². The Hall–Kier alpha value is -6.10. The SMILES string of the molecule is [C-]#[N+]c1ccc2c(c1)c1ccccc1n2-c1cc(C#N)ccc1-c1ccc2c(c1)oc1cc3c(cc12)-c1ccccc1C3(C)C. The summed E-state index contributed by atoms with van der Waals surface area (Å²) in [5.74, 6) is 0. The predicted octanol–water partition coefficient (Wildman–Crippen LogP) is 11.1. The normalized spacial score (nSPS) is 13.2. The van der Waals surface area contributed by atoms with E-state index in [1.807, 2.05) is 48.5 Å². The van der Waals surface area contributed by atoms with Crippen molar-refractivity contribution in [3.8, 4) is 34.0 Å². The van der Waals surface area contributed by atoms with E-state index in [1.165, 1.54) is 22.3 Å². The highest BCUT2D eigenvalue weighted by Crippen LogP contribution is 2.51. The molecule has 6 aromatic carbocycles. The van der Waals surface area contributed by atoms with Crippen LogP contribution in [0.4, 0.5) is 5.69 Å². The van der Waals surface area contributed by atoms with Crippen LogP contribution in [-0.4, -0.2) is 4.57 Å². The maximum Gasteiger partial charge on any atom is 0.188 e. The zero-order valence-electron chi connectivity index (χ0n) is 24.7. The standard InChI is InChI=1S/C41H25N3O/c1-41(2)34-10-6-4-8-28(34)31-21-33-30-16-13-25(19-39(30)45-40(33)22-35(31)41)27-15-12-24(23-42)18-38(27)44-36-11-7-5-9-29(36)32-20-26(43-3)14-17-37(32)44/h4-22H,1-2H3. The average Bonchev–Trinajstić information content (AvgIpc) is 3.68. The Bertz CT molecular complexity index is 2650. The molecule has 0 spiro atoms. The molecule has 0 unspecified atom stereocenters. The molecule has 4 heteroatoms. The van der Waals surface area contributed by atoms with Crippen molar-refractivity contribution in [1.29, 1.82) is 5.26 Å². The summed E-state index contributed by atoms with van der Waals surface area (Å²) in [6, 6.07) is 41.9. The summed E-state index contributed by atoms with van der Waals surface area (Å²) in [7, 11) is 0. The van der Waals surface area contributed by atoms with E-state index in [0.717, 1.165) is 60.6 Å². The quantitative estimate of drug-likeness (QED) is 0.193. The monoisotopic (exact) mass is 575 g/mol. The predicted molar refractivity (Wildman–Crippen MR) is 182 cm³/mol. The molecule has 9 rings (SSSR count). The van der Waals surface area contributed by atoms with Crippen molar-refractivity contribution in [2.24, 2.45) is 0 Å². The molecule has 210 valence electrons. The summed E-state index contributed by atoms with van der Waals surface area (Å²) in [4.78, 5) is 3.68. The molecular formula is C41H25N3O. The largest absolute Gasteiger partial charge is 0.456 e. The summed E-state index contributed by atoms with van der Waals surface area (Å²) >= 11 is 0. The fourth-order valence-electron chi connectivity index (χ4n) is 7.46. The van der Waals surface area contributed by atoms with Crippen LogP contribution in [0.25, 0.3) is 76.5 Å². The van der Waals surface area contributed by atoms with Crippen molar-refractivity contribution < 1.29 is 4.42 Å². The van der Waals surface area contributed by atoms with Crippen molar-refractivity contribution in [2.45, 2.75) is 19.3 Å². The van der Waals surface area contributed by atoms with E-state index in [0.29, 0.717) is 11.3 Å². The average molecular weight is 576 g/mol. The van der Waals surface area contributed by atoms with Crippen molar-refractivity contribution in [3.05, 3.63) is 143 Å². The van der Waals surface area contributed by atoms with Gasteiger partial charge in [-0.1, -0.05) is 74.5 Å². The third-order valence-electron chi connectivity index (χ3n) is 9.64. The number of rotatable bonds is 2. The van der Waals surface area contributed by atoms with Gasteiger partial charge in [-0.25, -0.2) is 4.85 Å². The molecule has 4 nitrogen and oxygen atoms in total. The van der Waals surface area contributed by atoms with Crippen LogP contribution in [0.5, 0.6) is 0 Å². The number of nitrogens with zero attached hydrogens (tertiary/aromatic N) is 3. The Labute approximate surface area is 259 Å². The van der Waals surface area contributed by atoms with Gasteiger partial charge in [0, 0.05) is 27.1 Å². The molecule has 8 aromatic rings. The number of furan rings is 1. The van der Waals surface area contributed by atoms with Gasteiger partial charge >= 0.3 is 0 Å². The molecule has 0 fully saturated rings. The molecule has 1 aliphatic rings. The second-order valence-corrected chi connectivity index (χ2v) is 12.4. The van der Waals surface area contributed by atoms with Gasteiger partial charge in [-0.3, -0.25) is 0 Å². The van der Waals surface area contributed by atoms with Crippen LogP contribution in [0.1, 0.15) is 30.5 Å². The first-order chi connectivity index (χ1) is 22.0. The van der Waals surface area contributed by atoms with Crippen LogP contribution in [0.3, 0.4) is 0 Å². The van der Waals surface area contributed by atoms with Gasteiger partial charge in [-0.2, -0.15) is 5.26 Å². The van der Waals surface area contributed by atoms with Gasteiger partial charge in [0.2, 0.25) is 0 Å². The minimum absolute atomic E-state index is 0.0977. The summed E-state index contributed by atoms with van der Waals surface area (Å²) in [6.45, 7) is 12.1. The first-order valence-electron chi connectivity index (χ1n) is 15.0. The third kappa shape index (κ3) is 3.46. The van der Waals surface area contributed by atoms with E-state index in [-0.39, 0.29) is 5.41 Å². The number of fused-ring (bicyclic) bond motifs is 9. The minimum atomic E-state index is -0.0977. The Morgan fingerprint density at radius 2 is 1.47 bits per heavy atom. The lowest BCUT2D eigenvalue weighted by molar-refractivity contribution is 0.647. The molecule has 0 radical (unpaired) electrons. The summed E-state index contributed by atoms with van der Waals surface area (Å²) < 4.78 is 8.80. The molecule has 0 aliphatic heterocycles. The number of aromatic nitrogens is 1. The highest BCUT2D eigenvalue weighted by molar-refractivity contribution is 6.11. The van der Waals surface area contributed by atoms with Gasteiger partial charge in [-0.15, -0.1) is 0 Å². The van der Waals surface area contributed by atoms with Gasteiger partial charge in [-0.05, 0) is 87.8 Å². The van der Waals surface area contributed by atoms with Crippen LogP contribution in [0.15, 0.2) is 120 Å². The van der Waals surface area contributed by atoms with Gasteiger partial charge in [0.05, 0.1) is 34.9 Å². The van der Waals surface area contributed by atoms with Crippen molar-refractivity contribution in [2.75, 3.05) is 0 Å². The van der Waals surface area contributed by atoms with Gasteiger partial charge < -0.3 is 8.98 Å². The number of nitriles is 1. The fraction of sp³-hybridized carbons (Fsp3) is 0.0732. The Balaban J connectivity index is 1.28. The lowest BCUT2D eigenvalue weighted by Crippen LogP contribution is -2.14. The Morgan fingerprint density at radius 3 is 2.33 bits per heavy atom. The molecule has 0 N–H and O–H groups in total. The van der Waals surface area contributed by atoms with E-state index in [9.17, 15) is 5.26 Å². The molecule has 0 saturated heterocycles. The number of benzene rings is 6. The molecule has 1 aliphatic carbocycles. The molecule has 0 saturated carbocycles. The Morgan fingerprint density at radius 1 is 0.667 bits per heavy atom. The second kappa shape index (κ2) is 8.96. The maximum atomic E-state index is 9.90. The Kier molecular flexibility index (Phi) is 5.06. The van der Waals surface area contributed by atoms with Crippen LogP contribution >= 0.6 is 0 Å². The van der Waals surface area contributed by atoms with Gasteiger partial charge in [0.25, 0.3) is 0 Å². The van der Waals surface area contributed by atoms with Crippen LogP contribution in [0, 0.1) is 17.9 Å². The lowest BCUT2D eigenvalue weighted by atomic mass is 9.82. The third-order valence-corrected chi connectivity index (χ3v) is 9.64. The van der Waals surface area contributed by atoms with Crippen molar-refractivity contribution >= 4 is 49.4 Å². The highest BCUT2D eigenvalue weighted by Gasteiger charge is 2.36. The number of hydrogen-bond acceptors (Lipinski definition) is 2. The van der Waals surface area contributed by atoms with E-state index >= 15 is 0 Å². The molecule has 0 amide bonds. The molecule has 0 bridgehead atoms. The second-order valence-electron chi connectivity index (χ2n) is 12.4. The zero-order valence-corrected chi connectivity index (χ0v) is 24.7. The van der Waals surface area contributed by atoms with Crippen LogP contribution in [-0.2, 0) is 5.41 Å². The molecule has 0 atom stereocenters. The van der Waals surface area contributed by atoms with E-state index in [4.69, 9.17) is 11.0 Å². The summed E-state index contributed by atoms with van der Waals surface area (Å²) in [5, 5.41) is 14.2. The van der Waals surface area contributed by atoms with Crippen LogP contribution < -0.4 is 0 Å². The lowest BCUT2D eigenvalue weighted by Gasteiger charge is -2.21. The zero-order chi connectivity index (χ0) is 30.4. The molecule has 2 aromatic heterocycles. The minimum Gasteiger partial charge on any atom is -0.456 e. The fourth-order valence-corrected chi connectivity index (χ4v) is 7.46. The maximum absolute atomic E-state index is 9.90. The molecular weight excluding hydrogens is 550 g/mol. The van der Waals surface area contributed by atoms with E-state index in [2.05, 4.69) is 96.1 Å². The first-order valence-corrected chi connectivity index (χ1v) is 15.0. The molecule has 45 heavy (non-hydrogen) atoms. The first kappa shape index (κ1) is 25.4. The van der Waals surface area contributed by atoms with Crippen LogP contribution in [0.2, 0.25) is 0 Å². The number of para-hydroxylation sites is 1. The highest BCUT2D eigenvalue weighted by atomic mass is 16.3. The van der Waals surface area contributed by atoms with Gasteiger partial charge in [0.1, 0.15) is 11.2 Å².